The number of anilines is 2. The van der Waals surface area contributed by atoms with Crippen molar-refractivity contribution >= 4 is 39.7 Å². The Morgan fingerprint density at radius 3 is 2.83 bits per heavy atom. The predicted octanol–water partition coefficient (Wildman–Crippen LogP) is 4.20. The van der Waals surface area contributed by atoms with Crippen LogP contribution < -0.4 is 16.0 Å². The van der Waals surface area contributed by atoms with Crippen LogP contribution in [-0.2, 0) is 6.54 Å². The van der Waals surface area contributed by atoms with Crippen molar-refractivity contribution in [1.29, 1.82) is 0 Å². The molecule has 7 heteroatoms. The first-order valence-corrected chi connectivity index (χ1v) is 10.3. The van der Waals surface area contributed by atoms with Gasteiger partial charge in [0.25, 0.3) is 5.91 Å². The van der Waals surface area contributed by atoms with E-state index in [1.165, 1.54) is 16.9 Å². The summed E-state index contributed by atoms with van der Waals surface area (Å²) in [6, 6.07) is 16.1. The van der Waals surface area contributed by atoms with Gasteiger partial charge < -0.3 is 20.9 Å². The maximum absolute atomic E-state index is 12.7. The molecule has 0 aliphatic heterocycles. The average molecular weight is 406 g/mol. The van der Waals surface area contributed by atoms with Crippen molar-refractivity contribution in [3.8, 4) is 0 Å². The maximum atomic E-state index is 12.7. The molecule has 0 saturated heterocycles. The second-order valence-corrected chi connectivity index (χ2v) is 8.00. The smallest absolute Gasteiger partial charge is 0.263 e. The van der Waals surface area contributed by atoms with E-state index in [-0.39, 0.29) is 5.91 Å². The molecular formula is C22H23N5OS. The lowest BCUT2D eigenvalue weighted by atomic mass is 10.2. The van der Waals surface area contributed by atoms with Crippen LogP contribution in [0.1, 0.15) is 20.1 Å². The molecule has 0 radical (unpaired) electrons. The molecule has 4 aromatic rings. The van der Waals surface area contributed by atoms with Crippen LogP contribution in [0.5, 0.6) is 0 Å². The maximum Gasteiger partial charge on any atom is 0.263 e. The third kappa shape index (κ3) is 4.64. The van der Waals surface area contributed by atoms with E-state index < -0.39 is 0 Å². The van der Waals surface area contributed by atoms with Crippen LogP contribution in [-0.4, -0.2) is 29.0 Å². The van der Waals surface area contributed by atoms with E-state index >= 15 is 0 Å². The lowest BCUT2D eigenvalue weighted by Crippen LogP contribution is -2.31. The van der Waals surface area contributed by atoms with Crippen LogP contribution in [0.25, 0.3) is 11.0 Å². The van der Waals surface area contributed by atoms with Crippen molar-refractivity contribution in [2.24, 2.45) is 0 Å². The topological polar surface area (TPSA) is 81.8 Å². The molecular weight excluding hydrogens is 382 g/mol. The number of hydrogen-bond donors (Lipinski definition) is 4. The van der Waals surface area contributed by atoms with Crippen LogP contribution in [0, 0.1) is 6.92 Å². The van der Waals surface area contributed by atoms with Gasteiger partial charge >= 0.3 is 0 Å². The SMILES string of the molecule is Cc1cc(Nc2ccnc3[nH]ccc23)c(C(=O)NCCNCc2ccccc2)s1. The molecule has 6 nitrogen and oxygen atoms in total. The van der Waals surface area contributed by atoms with E-state index in [1.807, 2.05) is 49.5 Å². The number of carbonyl (C=O) groups excluding carboxylic acids is 1. The minimum atomic E-state index is -0.0634. The number of benzene rings is 1. The van der Waals surface area contributed by atoms with Gasteiger partial charge in [0.2, 0.25) is 0 Å². The first kappa shape index (κ1) is 19.2. The van der Waals surface area contributed by atoms with E-state index in [9.17, 15) is 4.79 Å². The Morgan fingerprint density at radius 1 is 1.10 bits per heavy atom. The zero-order valence-corrected chi connectivity index (χ0v) is 17.0. The Morgan fingerprint density at radius 2 is 1.97 bits per heavy atom. The Balaban J connectivity index is 1.36. The summed E-state index contributed by atoms with van der Waals surface area (Å²) >= 11 is 1.49. The zero-order chi connectivity index (χ0) is 20.1. The van der Waals surface area contributed by atoms with Gasteiger partial charge in [-0.15, -0.1) is 11.3 Å². The van der Waals surface area contributed by atoms with Crippen molar-refractivity contribution in [2.45, 2.75) is 13.5 Å². The summed E-state index contributed by atoms with van der Waals surface area (Å²) < 4.78 is 0. The van der Waals surface area contributed by atoms with Gasteiger partial charge in [0.1, 0.15) is 10.5 Å². The van der Waals surface area contributed by atoms with Crippen molar-refractivity contribution < 1.29 is 4.79 Å². The van der Waals surface area contributed by atoms with Gasteiger partial charge in [-0.3, -0.25) is 4.79 Å². The van der Waals surface area contributed by atoms with Crippen molar-refractivity contribution in [3.05, 3.63) is 76.2 Å². The van der Waals surface area contributed by atoms with Gasteiger partial charge in [-0.2, -0.15) is 0 Å². The van der Waals surface area contributed by atoms with Crippen molar-refractivity contribution in [2.75, 3.05) is 18.4 Å². The molecule has 0 spiro atoms. The number of fused-ring (bicyclic) bond motifs is 1. The number of rotatable bonds is 8. The lowest BCUT2D eigenvalue weighted by Gasteiger charge is -2.10. The molecule has 1 amide bonds. The number of H-pyrrole nitrogens is 1. The molecule has 1 aromatic carbocycles. The molecule has 3 heterocycles. The Bertz CT molecular complexity index is 1100. The number of aromatic amines is 1. The van der Waals surface area contributed by atoms with E-state index in [4.69, 9.17) is 0 Å². The molecule has 4 rings (SSSR count). The van der Waals surface area contributed by atoms with Gasteiger partial charge in [-0.05, 0) is 30.7 Å². The number of nitrogens with one attached hydrogen (secondary N) is 4. The largest absolute Gasteiger partial charge is 0.354 e. The standard InChI is InChI=1S/C22H23N5OS/c1-15-13-19(27-18-8-10-25-21-17(18)7-9-24-21)20(29-15)22(28)26-12-11-23-14-16-5-3-2-4-6-16/h2-10,13,23H,11-12,14H2,1H3,(H,26,28)(H2,24,25,27). The number of amides is 1. The fourth-order valence-corrected chi connectivity index (χ4v) is 4.05. The summed E-state index contributed by atoms with van der Waals surface area (Å²) in [5.74, 6) is -0.0634. The first-order valence-electron chi connectivity index (χ1n) is 9.53. The molecule has 0 unspecified atom stereocenters. The molecule has 0 bridgehead atoms. The Labute approximate surface area is 173 Å². The van der Waals surface area contributed by atoms with E-state index in [2.05, 4.69) is 38.1 Å². The number of aryl methyl sites for hydroxylation is 1. The predicted molar refractivity (Wildman–Crippen MR) is 119 cm³/mol. The molecule has 4 N–H and O–H groups in total. The number of nitrogens with zero attached hydrogens (tertiary/aromatic N) is 1. The van der Waals surface area contributed by atoms with Gasteiger partial charge in [0.15, 0.2) is 0 Å². The lowest BCUT2D eigenvalue weighted by molar-refractivity contribution is 0.0958. The van der Waals surface area contributed by atoms with Crippen molar-refractivity contribution in [1.82, 2.24) is 20.6 Å². The minimum Gasteiger partial charge on any atom is -0.354 e. The van der Waals surface area contributed by atoms with E-state index in [1.54, 1.807) is 6.20 Å². The molecule has 0 atom stereocenters. The van der Waals surface area contributed by atoms with Crippen LogP contribution in [0.3, 0.4) is 0 Å². The number of carbonyl (C=O) groups is 1. The minimum absolute atomic E-state index is 0.0634. The quantitative estimate of drug-likeness (QED) is 0.331. The highest BCUT2D eigenvalue weighted by Crippen LogP contribution is 2.31. The molecule has 0 fully saturated rings. The summed E-state index contributed by atoms with van der Waals surface area (Å²) in [6.07, 6.45) is 3.61. The number of thiophene rings is 1. The average Bonchev–Trinajstić information content (AvgIpc) is 3.35. The third-order valence-electron chi connectivity index (χ3n) is 4.55. The van der Waals surface area contributed by atoms with Crippen molar-refractivity contribution in [3.63, 3.8) is 0 Å². The summed E-state index contributed by atoms with van der Waals surface area (Å²) in [5, 5.41) is 10.7. The highest BCUT2D eigenvalue weighted by Gasteiger charge is 2.16. The summed E-state index contributed by atoms with van der Waals surface area (Å²) in [4.78, 5) is 21.9. The second kappa shape index (κ2) is 8.89. The van der Waals surface area contributed by atoms with Crippen LogP contribution in [0.15, 0.2) is 60.9 Å². The fraction of sp³-hybridized carbons (Fsp3) is 0.182. The van der Waals surface area contributed by atoms with E-state index in [0.29, 0.717) is 18.0 Å². The van der Waals surface area contributed by atoms with Gasteiger partial charge in [0.05, 0.1) is 11.4 Å². The second-order valence-electron chi connectivity index (χ2n) is 6.74. The zero-order valence-electron chi connectivity index (χ0n) is 16.2. The number of hydrogen-bond acceptors (Lipinski definition) is 5. The normalized spacial score (nSPS) is 10.9. The van der Waals surface area contributed by atoms with Crippen LogP contribution >= 0.6 is 11.3 Å². The van der Waals surface area contributed by atoms with Gasteiger partial charge in [-0.25, -0.2) is 4.98 Å². The molecule has 0 aliphatic rings. The fourth-order valence-electron chi connectivity index (χ4n) is 3.16. The summed E-state index contributed by atoms with van der Waals surface area (Å²) in [7, 11) is 0. The molecule has 0 aliphatic carbocycles. The highest BCUT2D eigenvalue weighted by molar-refractivity contribution is 7.14. The van der Waals surface area contributed by atoms with Crippen LogP contribution in [0.4, 0.5) is 11.4 Å². The van der Waals surface area contributed by atoms with Gasteiger partial charge in [0, 0.05) is 42.3 Å². The summed E-state index contributed by atoms with van der Waals surface area (Å²) in [5.41, 5.74) is 3.79. The molecule has 0 saturated carbocycles. The molecule has 29 heavy (non-hydrogen) atoms. The van der Waals surface area contributed by atoms with E-state index in [0.717, 1.165) is 33.8 Å². The number of aromatic nitrogens is 2. The third-order valence-corrected chi connectivity index (χ3v) is 5.60. The van der Waals surface area contributed by atoms with Gasteiger partial charge in [-0.1, -0.05) is 30.3 Å². The highest BCUT2D eigenvalue weighted by atomic mass is 32.1. The monoisotopic (exact) mass is 405 g/mol. The summed E-state index contributed by atoms with van der Waals surface area (Å²) in [6.45, 7) is 4.07. The number of pyridine rings is 1. The molecule has 148 valence electrons. The van der Waals surface area contributed by atoms with Crippen LogP contribution in [0.2, 0.25) is 0 Å². The Hall–Kier alpha value is -3.16. The first-order chi connectivity index (χ1) is 14.2. The Kier molecular flexibility index (Phi) is 5.88. The molecule has 3 aromatic heterocycles.